The van der Waals surface area contributed by atoms with Crippen LogP contribution in [-0.4, -0.2) is 49.2 Å². The summed E-state index contributed by atoms with van der Waals surface area (Å²) >= 11 is 0. The van der Waals surface area contributed by atoms with Crippen LogP contribution in [0.15, 0.2) is 0 Å². The van der Waals surface area contributed by atoms with Gasteiger partial charge in [-0.1, -0.05) is 6.92 Å². The van der Waals surface area contributed by atoms with Gasteiger partial charge >= 0.3 is 0 Å². The van der Waals surface area contributed by atoms with Crippen molar-refractivity contribution in [1.82, 2.24) is 0 Å². The van der Waals surface area contributed by atoms with Gasteiger partial charge in [-0.15, -0.1) is 0 Å². The van der Waals surface area contributed by atoms with Crippen molar-refractivity contribution in [1.29, 1.82) is 0 Å². The average Bonchev–Trinajstić information content (AvgIpc) is 1.85. The molecule has 0 saturated heterocycles. The van der Waals surface area contributed by atoms with E-state index in [-0.39, 0.29) is 18.4 Å². The number of aliphatic hydroxyl groups is 1. The number of hydrogen-bond donors (Lipinski definition) is 1. The summed E-state index contributed by atoms with van der Waals surface area (Å²) in [7, 11) is 5.78. The van der Waals surface area contributed by atoms with E-state index in [2.05, 4.69) is 0 Å². The summed E-state index contributed by atoms with van der Waals surface area (Å²) in [6.07, 6.45) is 1.43. The van der Waals surface area contributed by atoms with Crippen LogP contribution in [0.2, 0.25) is 0 Å². The Balaban J connectivity index is 4.25. The zero-order chi connectivity index (χ0) is 9.78. The van der Waals surface area contributed by atoms with E-state index in [9.17, 15) is 4.79 Å². The van der Waals surface area contributed by atoms with Gasteiger partial charge in [0.15, 0.2) is 11.8 Å². The number of Topliss-reactive ketones (excluding diaryl/α,β-unsaturated/α-hetero) is 1. The fourth-order valence-electron chi connectivity index (χ4n) is 1.19. The highest BCUT2D eigenvalue weighted by Gasteiger charge is 2.29. The van der Waals surface area contributed by atoms with Crippen molar-refractivity contribution < 1.29 is 14.4 Å². The van der Waals surface area contributed by atoms with E-state index in [0.717, 1.165) is 6.42 Å². The quantitative estimate of drug-likeness (QED) is 0.613. The van der Waals surface area contributed by atoms with Crippen LogP contribution >= 0.6 is 0 Å². The summed E-state index contributed by atoms with van der Waals surface area (Å²) in [5.74, 6) is 0.160. The fraction of sp³-hybridized carbons (Fsp3) is 0.889. The predicted octanol–water partition coefficient (Wildman–Crippen LogP) is 0.423. The predicted molar refractivity (Wildman–Crippen MR) is 48.8 cm³/mol. The summed E-state index contributed by atoms with van der Waals surface area (Å²) in [5, 5.41) is 9.02. The van der Waals surface area contributed by atoms with Crippen molar-refractivity contribution in [2.24, 2.45) is 0 Å². The minimum absolute atomic E-state index is 0.0532. The molecule has 0 radical (unpaired) electrons. The molecule has 72 valence electrons. The third-order valence-electron chi connectivity index (χ3n) is 1.98. The standard InChI is InChI=1S/C9H20NO2/c1-5-6-9(12)8(7-11)10(2,3)4/h8,11H,5-7H2,1-4H3/q+1. The highest BCUT2D eigenvalue weighted by molar-refractivity contribution is 5.82. The zero-order valence-corrected chi connectivity index (χ0v) is 8.50. The van der Waals surface area contributed by atoms with Crippen LogP contribution in [0.5, 0.6) is 0 Å². The van der Waals surface area contributed by atoms with Gasteiger partial charge in [-0.3, -0.25) is 4.79 Å². The maximum atomic E-state index is 11.4. The van der Waals surface area contributed by atoms with Crippen molar-refractivity contribution in [2.45, 2.75) is 25.8 Å². The molecule has 0 aliphatic carbocycles. The molecular formula is C9H20NO2+. The number of rotatable bonds is 5. The van der Waals surface area contributed by atoms with Crippen molar-refractivity contribution in [3.8, 4) is 0 Å². The van der Waals surface area contributed by atoms with Crippen LogP contribution in [-0.2, 0) is 4.79 Å². The molecule has 0 rings (SSSR count). The van der Waals surface area contributed by atoms with Gasteiger partial charge in [0, 0.05) is 6.42 Å². The van der Waals surface area contributed by atoms with Crippen LogP contribution in [0.3, 0.4) is 0 Å². The second kappa shape index (κ2) is 4.58. The molecule has 0 aromatic heterocycles. The maximum absolute atomic E-state index is 11.4. The molecule has 0 aliphatic heterocycles. The van der Waals surface area contributed by atoms with Crippen molar-refractivity contribution in [2.75, 3.05) is 27.7 Å². The summed E-state index contributed by atoms with van der Waals surface area (Å²) in [6, 6.07) is -0.259. The smallest absolute Gasteiger partial charge is 0.192 e. The molecule has 0 spiro atoms. The number of aliphatic hydroxyl groups excluding tert-OH is 1. The van der Waals surface area contributed by atoms with Gasteiger partial charge in [0.25, 0.3) is 0 Å². The summed E-state index contributed by atoms with van der Waals surface area (Å²) in [6.45, 7) is 1.92. The molecule has 0 amide bonds. The van der Waals surface area contributed by atoms with Crippen LogP contribution < -0.4 is 0 Å². The van der Waals surface area contributed by atoms with E-state index >= 15 is 0 Å². The Morgan fingerprint density at radius 2 is 1.92 bits per heavy atom. The molecule has 1 atom stereocenters. The summed E-state index contributed by atoms with van der Waals surface area (Å²) in [5.41, 5.74) is 0. The van der Waals surface area contributed by atoms with Crippen molar-refractivity contribution in [3.63, 3.8) is 0 Å². The number of ketones is 1. The molecule has 0 aliphatic rings. The van der Waals surface area contributed by atoms with Gasteiger partial charge in [0.1, 0.15) is 6.61 Å². The molecule has 1 unspecified atom stereocenters. The molecule has 12 heavy (non-hydrogen) atoms. The first-order valence-electron chi connectivity index (χ1n) is 4.38. The third-order valence-corrected chi connectivity index (χ3v) is 1.98. The van der Waals surface area contributed by atoms with Gasteiger partial charge < -0.3 is 9.59 Å². The molecular weight excluding hydrogens is 154 g/mol. The number of quaternary nitrogens is 1. The van der Waals surface area contributed by atoms with E-state index in [1.165, 1.54) is 0 Å². The topological polar surface area (TPSA) is 37.3 Å². The monoisotopic (exact) mass is 174 g/mol. The maximum Gasteiger partial charge on any atom is 0.192 e. The molecule has 0 aromatic carbocycles. The van der Waals surface area contributed by atoms with Gasteiger partial charge in [-0.05, 0) is 6.42 Å². The van der Waals surface area contributed by atoms with Gasteiger partial charge in [-0.25, -0.2) is 0 Å². The third kappa shape index (κ3) is 3.32. The van der Waals surface area contributed by atoms with E-state index in [4.69, 9.17) is 5.11 Å². The number of carbonyl (C=O) groups is 1. The Morgan fingerprint density at radius 3 is 2.17 bits per heavy atom. The normalized spacial score (nSPS) is 14.4. The summed E-state index contributed by atoms with van der Waals surface area (Å²) < 4.78 is 0.509. The minimum Gasteiger partial charge on any atom is -0.390 e. The van der Waals surface area contributed by atoms with Gasteiger partial charge in [0.05, 0.1) is 21.1 Å². The number of nitrogens with zero attached hydrogens (tertiary/aromatic N) is 1. The first kappa shape index (κ1) is 11.6. The molecule has 0 aromatic rings. The van der Waals surface area contributed by atoms with Crippen LogP contribution in [0.25, 0.3) is 0 Å². The van der Waals surface area contributed by atoms with E-state index in [1.807, 2.05) is 28.1 Å². The lowest BCUT2D eigenvalue weighted by Gasteiger charge is -2.31. The molecule has 3 nitrogen and oxygen atoms in total. The Labute approximate surface area is 74.6 Å². The van der Waals surface area contributed by atoms with E-state index in [0.29, 0.717) is 10.9 Å². The highest BCUT2D eigenvalue weighted by Crippen LogP contribution is 2.06. The second-order valence-corrected chi connectivity index (χ2v) is 4.03. The number of hydrogen-bond acceptors (Lipinski definition) is 2. The molecule has 1 N–H and O–H groups in total. The largest absolute Gasteiger partial charge is 0.390 e. The molecule has 3 heteroatoms. The lowest BCUT2D eigenvalue weighted by Crippen LogP contribution is -2.51. The lowest BCUT2D eigenvalue weighted by molar-refractivity contribution is -0.886. The van der Waals surface area contributed by atoms with Gasteiger partial charge in [-0.2, -0.15) is 0 Å². The lowest BCUT2D eigenvalue weighted by atomic mass is 10.1. The SMILES string of the molecule is CCCC(=O)C(CO)[N+](C)(C)C. The Hall–Kier alpha value is -0.410. The van der Waals surface area contributed by atoms with Gasteiger partial charge in [0.2, 0.25) is 0 Å². The fourth-order valence-corrected chi connectivity index (χ4v) is 1.19. The average molecular weight is 174 g/mol. The number of carbonyl (C=O) groups excluding carboxylic acids is 1. The first-order chi connectivity index (χ1) is 5.43. The first-order valence-corrected chi connectivity index (χ1v) is 4.38. The molecule has 0 saturated carbocycles. The molecule has 0 heterocycles. The summed E-state index contributed by atoms with van der Waals surface area (Å²) in [4.78, 5) is 11.4. The zero-order valence-electron chi connectivity index (χ0n) is 8.50. The Bertz CT molecular complexity index is 149. The molecule has 0 bridgehead atoms. The highest BCUT2D eigenvalue weighted by atomic mass is 16.3. The van der Waals surface area contributed by atoms with Crippen LogP contribution in [0.4, 0.5) is 0 Å². The van der Waals surface area contributed by atoms with Crippen molar-refractivity contribution >= 4 is 5.78 Å². The number of likely N-dealkylation sites (N-methyl/N-ethyl adjacent to an activating group) is 1. The van der Waals surface area contributed by atoms with Crippen LogP contribution in [0, 0.1) is 0 Å². The van der Waals surface area contributed by atoms with Crippen LogP contribution in [0.1, 0.15) is 19.8 Å². The van der Waals surface area contributed by atoms with Crippen molar-refractivity contribution in [3.05, 3.63) is 0 Å². The Morgan fingerprint density at radius 1 is 1.42 bits per heavy atom. The molecule has 0 fully saturated rings. The van der Waals surface area contributed by atoms with E-state index in [1.54, 1.807) is 0 Å². The Kier molecular flexibility index (Phi) is 4.42. The second-order valence-electron chi connectivity index (χ2n) is 4.03. The minimum atomic E-state index is -0.259. The van der Waals surface area contributed by atoms with E-state index < -0.39 is 0 Å².